The molecule has 20 heavy (non-hydrogen) atoms. The smallest absolute Gasteiger partial charge is 0.243 e. The van der Waals surface area contributed by atoms with E-state index in [0.29, 0.717) is 12.1 Å². The molecule has 2 rings (SSSR count). The third-order valence-corrected chi connectivity index (χ3v) is 5.22. The van der Waals surface area contributed by atoms with E-state index in [1.165, 1.54) is 6.07 Å². The quantitative estimate of drug-likeness (QED) is 0.890. The van der Waals surface area contributed by atoms with Crippen LogP contribution in [0.4, 0.5) is 4.39 Å². The molecule has 0 saturated heterocycles. The SMILES string of the molecule is Cc1cccc(S(=O)(=O)NC2CCCC2CN)c1F.Cl. The van der Waals surface area contributed by atoms with Crippen molar-refractivity contribution < 1.29 is 12.8 Å². The van der Waals surface area contributed by atoms with Gasteiger partial charge in [0.1, 0.15) is 10.7 Å². The maximum Gasteiger partial charge on any atom is 0.243 e. The summed E-state index contributed by atoms with van der Waals surface area (Å²) in [6.07, 6.45) is 2.62. The first-order valence-electron chi connectivity index (χ1n) is 6.43. The van der Waals surface area contributed by atoms with Crippen LogP contribution in [-0.2, 0) is 10.0 Å². The normalized spacial score (nSPS) is 22.6. The van der Waals surface area contributed by atoms with Crippen LogP contribution in [0.15, 0.2) is 23.1 Å². The molecule has 0 radical (unpaired) electrons. The Bertz CT molecular complexity index is 565. The predicted molar refractivity (Wildman–Crippen MR) is 78.9 cm³/mol. The largest absolute Gasteiger partial charge is 0.330 e. The maximum absolute atomic E-state index is 13.9. The molecule has 0 amide bonds. The van der Waals surface area contributed by atoms with Crippen LogP contribution in [0.1, 0.15) is 24.8 Å². The lowest BCUT2D eigenvalue weighted by Gasteiger charge is -2.19. The van der Waals surface area contributed by atoms with E-state index < -0.39 is 15.8 Å². The van der Waals surface area contributed by atoms with Gasteiger partial charge in [-0.15, -0.1) is 12.4 Å². The molecule has 1 fully saturated rings. The number of hydrogen-bond donors (Lipinski definition) is 2. The highest BCUT2D eigenvalue weighted by Gasteiger charge is 2.31. The molecule has 2 atom stereocenters. The Morgan fingerprint density at radius 1 is 1.40 bits per heavy atom. The third kappa shape index (κ3) is 3.49. The van der Waals surface area contributed by atoms with Gasteiger partial charge < -0.3 is 5.73 Å². The summed E-state index contributed by atoms with van der Waals surface area (Å²) >= 11 is 0. The van der Waals surface area contributed by atoms with E-state index in [1.54, 1.807) is 19.1 Å². The van der Waals surface area contributed by atoms with Gasteiger partial charge in [0.25, 0.3) is 0 Å². The van der Waals surface area contributed by atoms with Gasteiger partial charge >= 0.3 is 0 Å². The van der Waals surface area contributed by atoms with Gasteiger partial charge in [0.15, 0.2) is 0 Å². The standard InChI is InChI=1S/C13H19FN2O2S.ClH/c1-9-4-2-7-12(13(9)14)19(17,18)16-11-6-3-5-10(11)8-15;/h2,4,7,10-11,16H,3,5-6,8,15H2,1H3;1H. The van der Waals surface area contributed by atoms with E-state index in [1.807, 2.05) is 0 Å². The Hall–Kier alpha value is -0.690. The summed E-state index contributed by atoms with van der Waals surface area (Å²) in [7, 11) is -3.82. The fourth-order valence-electron chi connectivity index (χ4n) is 2.56. The van der Waals surface area contributed by atoms with Gasteiger partial charge in [-0.05, 0) is 43.9 Å². The molecule has 0 bridgehead atoms. The Balaban J connectivity index is 0.00000200. The fourth-order valence-corrected chi connectivity index (χ4v) is 4.06. The van der Waals surface area contributed by atoms with Gasteiger partial charge in [-0.1, -0.05) is 18.6 Å². The first-order chi connectivity index (χ1) is 8.95. The zero-order valence-corrected chi connectivity index (χ0v) is 12.9. The molecule has 7 heteroatoms. The van der Waals surface area contributed by atoms with E-state index in [9.17, 15) is 12.8 Å². The van der Waals surface area contributed by atoms with Crippen molar-refractivity contribution >= 4 is 22.4 Å². The second kappa shape index (κ2) is 6.85. The average Bonchev–Trinajstić information content (AvgIpc) is 2.78. The fraction of sp³-hybridized carbons (Fsp3) is 0.538. The molecule has 1 aliphatic carbocycles. The number of rotatable bonds is 4. The van der Waals surface area contributed by atoms with E-state index in [2.05, 4.69) is 4.72 Å². The number of hydrogen-bond acceptors (Lipinski definition) is 3. The number of halogens is 2. The van der Waals surface area contributed by atoms with Crippen LogP contribution in [0.3, 0.4) is 0 Å². The summed E-state index contributed by atoms with van der Waals surface area (Å²) in [5.41, 5.74) is 5.95. The molecule has 114 valence electrons. The lowest BCUT2D eigenvalue weighted by molar-refractivity contribution is 0.451. The molecular formula is C13H20ClFN2O2S. The molecule has 2 unspecified atom stereocenters. The van der Waals surface area contributed by atoms with Crippen molar-refractivity contribution in [2.75, 3.05) is 6.54 Å². The molecule has 4 nitrogen and oxygen atoms in total. The van der Waals surface area contributed by atoms with Crippen LogP contribution >= 0.6 is 12.4 Å². The first-order valence-corrected chi connectivity index (χ1v) is 7.91. The highest BCUT2D eigenvalue weighted by Crippen LogP contribution is 2.27. The van der Waals surface area contributed by atoms with E-state index in [4.69, 9.17) is 5.73 Å². The lowest BCUT2D eigenvalue weighted by Crippen LogP contribution is -2.40. The number of nitrogens with one attached hydrogen (secondary N) is 1. The van der Waals surface area contributed by atoms with Gasteiger partial charge in [-0.3, -0.25) is 0 Å². The Morgan fingerprint density at radius 3 is 2.75 bits per heavy atom. The van der Waals surface area contributed by atoms with Crippen LogP contribution in [0.5, 0.6) is 0 Å². The molecule has 1 aromatic rings. The Kier molecular flexibility index (Phi) is 5.94. The molecule has 0 aromatic heterocycles. The van der Waals surface area contributed by atoms with Gasteiger partial charge in [0.2, 0.25) is 10.0 Å². The van der Waals surface area contributed by atoms with Crippen molar-refractivity contribution in [3.05, 3.63) is 29.6 Å². The predicted octanol–water partition coefficient (Wildman–Crippen LogP) is 1.96. The molecule has 3 N–H and O–H groups in total. The van der Waals surface area contributed by atoms with Crippen molar-refractivity contribution in [1.29, 1.82) is 0 Å². The van der Waals surface area contributed by atoms with Gasteiger partial charge in [0.05, 0.1) is 0 Å². The van der Waals surface area contributed by atoms with Crippen molar-refractivity contribution in [2.45, 2.75) is 37.1 Å². The summed E-state index contributed by atoms with van der Waals surface area (Å²) < 4.78 is 41.0. The zero-order valence-electron chi connectivity index (χ0n) is 11.3. The molecule has 1 aliphatic rings. The molecule has 0 heterocycles. The minimum atomic E-state index is -3.82. The van der Waals surface area contributed by atoms with Crippen molar-refractivity contribution in [2.24, 2.45) is 11.7 Å². The van der Waals surface area contributed by atoms with Crippen LogP contribution < -0.4 is 10.5 Å². The second-order valence-electron chi connectivity index (χ2n) is 5.04. The van der Waals surface area contributed by atoms with Crippen LogP contribution in [0.2, 0.25) is 0 Å². The highest BCUT2D eigenvalue weighted by atomic mass is 35.5. The van der Waals surface area contributed by atoms with Crippen LogP contribution in [0.25, 0.3) is 0 Å². The molecule has 0 aliphatic heterocycles. The maximum atomic E-state index is 13.9. The highest BCUT2D eigenvalue weighted by molar-refractivity contribution is 7.89. The van der Waals surface area contributed by atoms with E-state index >= 15 is 0 Å². The third-order valence-electron chi connectivity index (χ3n) is 3.71. The van der Waals surface area contributed by atoms with Crippen LogP contribution in [0, 0.1) is 18.7 Å². The van der Waals surface area contributed by atoms with Crippen molar-refractivity contribution in [3.63, 3.8) is 0 Å². The van der Waals surface area contributed by atoms with E-state index in [0.717, 1.165) is 19.3 Å². The average molecular weight is 323 g/mol. The molecule has 1 aromatic carbocycles. The number of aryl methyl sites for hydroxylation is 1. The number of benzene rings is 1. The topological polar surface area (TPSA) is 72.2 Å². The summed E-state index contributed by atoms with van der Waals surface area (Å²) in [5.74, 6) is -0.542. The van der Waals surface area contributed by atoms with Gasteiger partial charge in [-0.25, -0.2) is 17.5 Å². The van der Waals surface area contributed by atoms with Gasteiger partial charge in [-0.2, -0.15) is 0 Å². The minimum Gasteiger partial charge on any atom is -0.330 e. The summed E-state index contributed by atoms with van der Waals surface area (Å²) in [5, 5.41) is 0. The molecule has 1 saturated carbocycles. The van der Waals surface area contributed by atoms with E-state index in [-0.39, 0.29) is 29.3 Å². The number of sulfonamides is 1. The Morgan fingerprint density at radius 2 is 2.10 bits per heavy atom. The lowest BCUT2D eigenvalue weighted by atomic mass is 10.1. The Labute approximate surface area is 125 Å². The summed E-state index contributed by atoms with van der Waals surface area (Å²) in [6.45, 7) is 2.00. The molecule has 0 spiro atoms. The summed E-state index contributed by atoms with van der Waals surface area (Å²) in [6, 6.07) is 4.20. The second-order valence-corrected chi connectivity index (χ2v) is 6.72. The van der Waals surface area contributed by atoms with Gasteiger partial charge in [0, 0.05) is 6.04 Å². The number of nitrogens with two attached hydrogens (primary N) is 1. The van der Waals surface area contributed by atoms with Crippen molar-refractivity contribution in [1.82, 2.24) is 4.72 Å². The monoisotopic (exact) mass is 322 g/mol. The molecular weight excluding hydrogens is 303 g/mol. The zero-order chi connectivity index (χ0) is 14.0. The first kappa shape index (κ1) is 17.4. The van der Waals surface area contributed by atoms with Crippen molar-refractivity contribution in [3.8, 4) is 0 Å². The van der Waals surface area contributed by atoms with Crippen LogP contribution in [-0.4, -0.2) is 21.0 Å². The summed E-state index contributed by atoms with van der Waals surface area (Å²) in [4.78, 5) is -0.282. The minimum absolute atomic E-state index is 0.